The van der Waals surface area contributed by atoms with Crippen LogP contribution < -0.4 is 5.32 Å². The Bertz CT molecular complexity index is 947. The number of hydrogen-bond acceptors (Lipinski definition) is 5. The lowest BCUT2D eigenvalue weighted by molar-refractivity contribution is -0.111. The van der Waals surface area contributed by atoms with Crippen molar-refractivity contribution in [1.82, 2.24) is 9.29 Å². The molecule has 1 amide bonds. The zero-order valence-corrected chi connectivity index (χ0v) is 15.7. The second-order valence-corrected chi connectivity index (χ2v) is 9.75. The summed E-state index contributed by atoms with van der Waals surface area (Å²) in [4.78, 5) is 17.5. The summed E-state index contributed by atoms with van der Waals surface area (Å²) < 4.78 is 26.3. The van der Waals surface area contributed by atoms with Crippen molar-refractivity contribution in [2.75, 3.05) is 11.9 Å². The molecule has 1 fully saturated rings. The molecule has 1 aromatic carbocycles. The molecule has 1 aliphatic carbocycles. The van der Waals surface area contributed by atoms with E-state index in [0.29, 0.717) is 24.6 Å². The van der Waals surface area contributed by atoms with Crippen LogP contribution in [0.3, 0.4) is 0 Å². The molecule has 1 saturated carbocycles. The van der Waals surface area contributed by atoms with E-state index in [9.17, 15) is 13.2 Å². The summed E-state index contributed by atoms with van der Waals surface area (Å²) in [5.74, 6) is -0.248. The molecule has 1 N–H and O–H groups in total. The van der Waals surface area contributed by atoms with Gasteiger partial charge in [-0.25, -0.2) is 13.4 Å². The number of nitrogens with one attached hydrogen (secondary N) is 1. The van der Waals surface area contributed by atoms with Crippen LogP contribution in [0.2, 0.25) is 0 Å². The summed E-state index contributed by atoms with van der Waals surface area (Å²) in [6.45, 7) is 0.832. The molecule has 0 bridgehead atoms. The minimum atomic E-state index is -3.17. The predicted octanol–water partition coefficient (Wildman–Crippen LogP) is 2.65. The first-order valence-electron chi connectivity index (χ1n) is 8.54. The van der Waals surface area contributed by atoms with E-state index in [4.69, 9.17) is 0 Å². The Kier molecular flexibility index (Phi) is 4.64. The lowest BCUT2D eigenvalue weighted by Gasteiger charge is -2.25. The minimum Gasteiger partial charge on any atom is -0.298 e. The molecule has 1 aromatic heterocycles. The van der Waals surface area contributed by atoms with Gasteiger partial charge in [-0.1, -0.05) is 30.3 Å². The summed E-state index contributed by atoms with van der Waals surface area (Å²) >= 11 is 1.35. The van der Waals surface area contributed by atoms with E-state index in [0.717, 1.165) is 29.0 Å². The third-order valence-corrected chi connectivity index (χ3v) is 7.80. The van der Waals surface area contributed by atoms with Crippen molar-refractivity contribution in [2.24, 2.45) is 0 Å². The van der Waals surface area contributed by atoms with Crippen LogP contribution in [0.5, 0.6) is 0 Å². The maximum Gasteiger partial charge on any atom is 0.250 e. The molecule has 0 radical (unpaired) electrons. The zero-order chi connectivity index (χ0) is 18.1. The quantitative estimate of drug-likeness (QED) is 0.798. The van der Waals surface area contributed by atoms with E-state index in [1.54, 1.807) is 10.4 Å². The summed E-state index contributed by atoms with van der Waals surface area (Å²) in [7, 11) is -3.17. The minimum absolute atomic E-state index is 0.195. The highest BCUT2D eigenvalue weighted by Crippen LogP contribution is 2.35. The molecule has 0 atom stereocenters. The fourth-order valence-electron chi connectivity index (χ4n) is 2.90. The summed E-state index contributed by atoms with van der Waals surface area (Å²) in [5, 5.41) is 3.09. The van der Waals surface area contributed by atoms with Crippen molar-refractivity contribution < 1.29 is 13.2 Å². The lowest BCUT2D eigenvalue weighted by atomic mass is 10.2. The van der Waals surface area contributed by atoms with Gasteiger partial charge in [-0.15, -0.1) is 11.3 Å². The first-order chi connectivity index (χ1) is 12.5. The highest BCUT2D eigenvalue weighted by molar-refractivity contribution is 7.90. The number of fused-ring (bicyclic) bond motifs is 1. The number of sulfonamides is 1. The van der Waals surface area contributed by atoms with Gasteiger partial charge in [-0.2, -0.15) is 4.31 Å². The molecule has 26 heavy (non-hydrogen) atoms. The number of aromatic nitrogens is 1. The average molecular weight is 390 g/mol. The first-order valence-corrected chi connectivity index (χ1v) is 10.9. The van der Waals surface area contributed by atoms with Crippen LogP contribution in [0.25, 0.3) is 6.08 Å². The smallest absolute Gasteiger partial charge is 0.250 e. The van der Waals surface area contributed by atoms with E-state index < -0.39 is 10.0 Å². The second-order valence-electron chi connectivity index (χ2n) is 6.45. The fraction of sp³-hybridized carbons (Fsp3) is 0.333. The standard InChI is InChI=1S/C18H19N3O3S2/c22-17(9-6-13-4-2-1-3-5-13)20-18-19-15-10-11-21(12-16(15)25-18)26(23,24)14-7-8-14/h1-6,9,14H,7-8,10-12H2,(H,19,20,22)/b9-6+. The van der Waals surface area contributed by atoms with Crippen molar-refractivity contribution in [3.05, 3.63) is 52.5 Å². The number of amides is 1. The Morgan fingerprint density at radius 1 is 1.27 bits per heavy atom. The van der Waals surface area contributed by atoms with Crippen LogP contribution in [0.1, 0.15) is 29.0 Å². The Morgan fingerprint density at radius 2 is 2.04 bits per heavy atom. The molecule has 2 heterocycles. The number of benzene rings is 1. The van der Waals surface area contributed by atoms with E-state index in [1.165, 1.54) is 17.4 Å². The number of thiazole rings is 1. The van der Waals surface area contributed by atoms with Crippen LogP contribution in [0.15, 0.2) is 36.4 Å². The molecule has 6 nitrogen and oxygen atoms in total. The number of rotatable bonds is 5. The van der Waals surface area contributed by atoms with Crippen LogP contribution in [0.4, 0.5) is 5.13 Å². The van der Waals surface area contributed by atoms with Crippen LogP contribution >= 0.6 is 11.3 Å². The van der Waals surface area contributed by atoms with Crippen molar-refractivity contribution in [2.45, 2.75) is 31.1 Å². The average Bonchev–Trinajstić information content (AvgIpc) is 3.42. The first kappa shape index (κ1) is 17.4. The molecule has 2 aromatic rings. The molecule has 136 valence electrons. The Balaban J connectivity index is 1.42. The van der Waals surface area contributed by atoms with Crippen molar-refractivity contribution in [3.8, 4) is 0 Å². The highest BCUT2D eigenvalue weighted by atomic mass is 32.2. The largest absolute Gasteiger partial charge is 0.298 e. The van der Waals surface area contributed by atoms with Gasteiger partial charge in [0.2, 0.25) is 15.9 Å². The van der Waals surface area contributed by atoms with E-state index in [2.05, 4.69) is 10.3 Å². The number of carbonyl (C=O) groups excluding carboxylic acids is 1. The summed E-state index contributed by atoms with van der Waals surface area (Å²) in [6.07, 6.45) is 5.34. The maximum atomic E-state index is 12.4. The molecular formula is C18H19N3O3S2. The second kappa shape index (κ2) is 6.94. The topological polar surface area (TPSA) is 79.4 Å². The lowest BCUT2D eigenvalue weighted by Crippen LogP contribution is -2.37. The van der Waals surface area contributed by atoms with Crippen LogP contribution in [-0.2, 0) is 27.8 Å². The van der Waals surface area contributed by atoms with Gasteiger partial charge in [0.1, 0.15) is 0 Å². The molecule has 0 saturated heterocycles. The fourth-order valence-corrected chi connectivity index (χ4v) is 5.82. The van der Waals surface area contributed by atoms with Crippen molar-refractivity contribution in [1.29, 1.82) is 0 Å². The highest BCUT2D eigenvalue weighted by Gasteiger charge is 2.41. The van der Waals surface area contributed by atoms with Gasteiger partial charge in [0, 0.05) is 30.5 Å². The Labute approximate surface area is 156 Å². The third kappa shape index (κ3) is 3.72. The summed E-state index contributed by atoms with van der Waals surface area (Å²) in [6, 6.07) is 9.58. The van der Waals surface area contributed by atoms with Gasteiger partial charge in [0.25, 0.3) is 0 Å². The zero-order valence-electron chi connectivity index (χ0n) is 14.1. The maximum absolute atomic E-state index is 12.4. The number of nitrogens with zero attached hydrogens (tertiary/aromatic N) is 2. The van der Waals surface area contributed by atoms with Gasteiger partial charge >= 0.3 is 0 Å². The van der Waals surface area contributed by atoms with Gasteiger partial charge in [-0.05, 0) is 24.5 Å². The third-order valence-electron chi connectivity index (χ3n) is 4.46. The molecule has 4 rings (SSSR count). The normalized spacial score (nSPS) is 18.0. The van der Waals surface area contributed by atoms with Crippen molar-refractivity contribution >= 4 is 38.5 Å². The molecule has 0 spiro atoms. The SMILES string of the molecule is O=C(/C=C/c1ccccc1)Nc1nc2c(s1)CN(S(=O)(=O)C1CC1)CC2. The van der Waals surface area contributed by atoms with Gasteiger partial charge in [-0.3, -0.25) is 10.1 Å². The Hall–Kier alpha value is -2.03. The molecule has 1 aliphatic heterocycles. The van der Waals surface area contributed by atoms with Crippen LogP contribution in [0, 0.1) is 0 Å². The van der Waals surface area contributed by atoms with Gasteiger partial charge < -0.3 is 0 Å². The molecular weight excluding hydrogens is 370 g/mol. The number of carbonyl (C=O) groups is 1. The molecule has 2 aliphatic rings. The Morgan fingerprint density at radius 3 is 2.77 bits per heavy atom. The van der Waals surface area contributed by atoms with E-state index in [-0.39, 0.29) is 11.2 Å². The van der Waals surface area contributed by atoms with Crippen molar-refractivity contribution in [3.63, 3.8) is 0 Å². The van der Waals surface area contributed by atoms with E-state index in [1.807, 2.05) is 30.3 Å². The van der Waals surface area contributed by atoms with Crippen LogP contribution in [-0.4, -0.2) is 35.4 Å². The van der Waals surface area contributed by atoms with E-state index >= 15 is 0 Å². The van der Waals surface area contributed by atoms with Gasteiger partial charge in [0.15, 0.2) is 5.13 Å². The van der Waals surface area contributed by atoms with Gasteiger partial charge in [0.05, 0.1) is 10.9 Å². The number of hydrogen-bond donors (Lipinski definition) is 1. The molecule has 0 unspecified atom stereocenters. The summed E-state index contributed by atoms with van der Waals surface area (Å²) in [5.41, 5.74) is 1.83. The number of anilines is 1. The monoisotopic (exact) mass is 389 g/mol. The predicted molar refractivity (Wildman–Crippen MR) is 102 cm³/mol. The molecule has 8 heteroatoms.